The minimum atomic E-state index is 0.273. The number of hydrogen-bond acceptors (Lipinski definition) is 3. The highest BCUT2D eigenvalue weighted by atomic mass is 32.2. The summed E-state index contributed by atoms with van der Waals surface area (Å²) in [6, 6.07) is 18.4. The third kappa shape index (κ3) is 2.88. The minimum absolute atomic E-state index is 0.273. The fourth-order valence-corrected chi connectivity index (χ4v) is 6.90. The van der Waals surface area contributed by atoms with Crippen LogP contribution in [0.25, 0.3) is 5.57 Å². The van der Waals surface area contributed by atoms with Gasteiger partial charge in [0, 0.05) is 28.6 Å². The Morgan fingerprint density at radius 1 is 0.926 bits per heavy atom. The van der Waals surface area contributed by atoms with E-state index in [1.807, 2.05) is 0 Å². The molecule has 140 valence electrons. The third-order valence-electron chi connectivity index (χ3n) is 6.73. The fourth-order valence-electron chi connectivity index (χ4n) is 5.17. The van der Waals surface area contributed by atoms with Crippen LogP contribution in [0.2, 0.25) is 0 Å². The van der Waals surface area contributed by atoms with E-state index in [-0.39, 0.29) is 5.41 Å². The van der Waals surface area contributed by atoms with Gasteiger partial charge in [-0.2, -0.15) is 0 Å². The molecule has 5 rings (SSSR count). The molecule has 0 radical (unpaired) electrons. The molecule has 2 nitrogen and oxygen atoms in total. The number of likely N-dealkylation sites (N-methyl/N-ethyl adjacent to an activating group) is 1. The van der Waals surface area contributed by atoms with Crippen molar-refractivity contribution in [1.82, 2.24) is 9.80 Å². The lowest BCUT2D eigenvalue weighted by Gasteiger charge is -2.43. The summed E-state index contributed by atoms with van der Waals surface area (Å²) in [5, 5.41) is 0.520. The largest absolute Gasteiger partial charge is 0.306 e. The van der Waals surface area contributed by atoms with E-state index in [9.17, 15) is 0 Å². The molecule has 0 N–H and O–H groups in total. The van der Waals surface area contributed by atoms with Crippen LogP contribution in [0.1, 0.15) is 34.8 Å². The first-order valence-corrected chi connectivity index (χ1v) is 11.0. The number of benzene rings is 2. The highest BCUT2D eigenvalue weighted by molar-refractivity contribution is 8.00. The Morgan fingerprint density at radius 3 is 2.44 bits per heavy atom. The molecule has 2 aromatic rings. The van der Waals surface area contributed by atoms with E-state index in [4.69, 9.17) is 0 Å². The Balaban J connectivity index is 1.61. The van der Waals surface area contributed by atoms with Crippen LogP contribution in [-0.2, 0) is 5.41 Å². The van der Waals surface area contributed by atoms with Crippen LogP contribution < -0.4 is 0 Å². The van der Waals surface area contributed by atoms with E-state index in [0.717, 1.165) is 13.1 Å². The van der Waals surface area contributed by atoms with Gasteiger partial charge in [0.2, 0.25) is 0 Å². The summed E-state index contributed by atoms with van der Waals surface area (Å²) in [5.41, 5.74) is 6.40. The fraction of sp³-hybridized carbons (Fsp3) is 0.417. The van der Waals surface area contributed by atoms with Crippen molar-refractivity contribution in [3.63, 3.8) is 0 Å². The summed E-state index contributed by atoms with van der Waals surface area (Å²) in [5.74, 6) is 0. The van der Waals surface area contributed by atoms with Crippen LogP contribution in [0, 0.1) is 0 Å². The van der Waals surface area contributed by atoms with Crippen molar-refractivity contribution in [2.75, 3.05) is 40.3 Å². The molecule has 0 aliphatic carbocycles. The van der Waals surface area contributed by atoms with Crippen molar-refractivity contribution >= 4 is 17.3 Å². The SMILES string of the molecule is CN1CCC2(CC1)c1ccccc1SC2c1ccccc1C1=CCN(C)C1. The summed E-state index contributed by atoms with van der Waals surface area (Å²) in [6.45, 7) is 4.52. The van der Waals surface area contributed by atoms with Crippen LogP contribution in [0.5, 0.6) is 0 Å². The zero-order valence-electron chi connectivity index (χ0n) is 16.3. The molecule has 0 bridgehead atoms. The Morgan fingerprint density at radius 2 is 1.67 bits per heavy atom. The van der Waals surface area contributed by atoms with Crippen molar-refractivity contribution in [3.8, 4) is 0 Å². The van der Waals surface area contributed by atoms with Crippen LogP contribution in [0.3, 0.4) is 0 Å². The van der Waals surface area contributed by atoms with Crippen molar-refractivity contribution in [3.05, 3.63) is 71.3 Å². The van der Waals surface area contributed by atoms with Crippen LogP contribution in [0.4, 0.5) is 0 Å². The van der Waals surface area contributed by atoms with Crippen LogP contribution >= 0.6 is 11.8 Å². The lowest BCUT2D eigenvalue weighted by Crippen LogP contribution is -2.42. The Kier molecular flexibility index (Phi) is 4.42. The van der Waals surface area contributed by atoms with Gasteiger partial charge in [0.15, 0.2) is 0 Å². The van der Waals surface area contributed by atoms with Gasteiger partial charge in [0.1, 0.15) is 0 Å². The zero-order chi connectivity index (χ0) is 18.4. The molecular formula is C24H28N2S. The zero-order valence-corrected chi connectivity index (χ0v) is 17.1. The van der Waals surface area contributed by atoms with Gasteiger partial charge in [-0.3, -0.25) is 4.90 Å². The van der Waals surface area contributed by atoms with Gasteiger partial charge in [0.25, 0.3) is 0 Å². The molecule has 3 heteroatoms. The predicted molar refractivity (Wildman–Crippen MR) is 115 cm³/mol. The maximum Gasteiger partial charge on any atom is 0.0448 e. The molecule has 1 unspecified atom stereocenters. The first-order chi connectivity index (χ1) is 13.2. The van der Waals surface area contributed by atoms with Crippen molar-refractivity contribution in [2.24, 2.45) is 0 Å². The van der Waals surface area contributed by atoms with E-state index in [1.54, 1.807) is 11.1 Å². The van der Waals surface area contributed by atoms with E-state index >= 15 is 0 Å². The molecule has 1 saturated heterocycles. The summed E-state index contributed by atoms with van der Waals surface area (Å²) in [6.07, 6.45) is 4.93. The number of hydrogen-bond donors (Lipinski definition) is 0. The summed E-state index contributed by atoms with van der Waals surface area (Å²) < 4.78 is 0. The monoisotopic (exact) mass is 376 g/mol. The molecule has 0 amide bonds. The second-order valence-corrected chi connectivity index (χ2v) is 9.61. The van der Waals surface area contributed by atoms with Gasteiger partial charge in [-0.15, -0.1) is 11.8 Å². The molecule has 1 spiro atoms. The normalized spacial score (nSPS) is 25.0. The number of rotatable bonds is 2. The Bertz CT molecular complexity index is 879. The number of nitrogens with zero attached hydrogens (tertiary/aromatic N) is 2. The third-order valence-corrected chi connectivity index (χ3v) is 8.28. The standard InChI is InChI=1S/C24H28N2S/c1-25-15-12-24(13-16-25)21-9-5-6-10-22(21)27-23(24)20-8-4-3-7-19(20)18-11-14-26(2)17-18/h3-11,23H,12-17H2,1-2H3. The number of piperidine rings is 1. The maximum atomic E-state index is 2.49. The van der Waals surface area contributed by atoms with Gasteiger partial charge < -0.3 is 4.90 Å². The summed E-state index contributed by atoms with van der Waals surface area (Å²) in [7, 11) is 4.48. The van der Waals surface area contributed by atoms with Crippen molar-refractivity contribution in [2.45, 2.75) is 28.4 Å². The number of fused-ring (bicyclic) bond motifs is 2. The van der Waals surface area contributed by atoms with Gasteiger partial charge in [0.05, 0.1) is 0 Å². The molecule has 27 heavy (non-hydrogen) atoms. The first-order valence-electron chi connectivity index (χ1n) is 10.1. The minimum Gasteiger partial charge on any atom is -0.306 e. The average Bonchev–Trinajstić information content (AvgIpc) is 3.26. The molecule has 1 fully saturated rings. The predicted octanol–water partition coefficient (Wildman–Crippen LogP) is 4.83. The smallest absolute Gasteiger partial charge is 0.0448 e. The van der Waals surface area contributed by atoms with E-state index in [2.05, 4.69) is 90.3 Å². The molecular weight excluding hydrogens is 348 g/mol. The highest BCUT2D eigenvalue weighted by Gasteiger charge is 2.49. The molecule has 0 aromatic heterocycles. The average molecular weight is 377 g/mol. The second kappa shape index (κ2) is 6.80. The lowest BCUT2D eigenvalue weighted by molar-refractivity contribution is 0.185. The van der Waals surface area contributed by atoms with Crippen LogP contribution in [0.15, 0.2) is 59.5 Å². The Hall–Kier alpha value is -1.55. The quantitative estimate of drug-likeness (QED) is 0.741. The van der Waals surface area contributed by atoms with Gasteiger partial charge >= 0.3 is 0 Å². The van der Waals surface area contributed by atoms with Crippen molar-refractivity contribution < 1.29 is 0 Å². The molecule has 3 aliphatic rings. The topological polar surface area (TPSA) is 6.48 Å². The molecule has 0 saturated carbocycles. The van der Waals surface area contributed by atoms with E-state index in [0.29, 0.717) is 5.25 Å². The summed E-state index contributed by atoms with van der Waals surface area (Å²) in [4.78, 5) is 6.39. The number of thioether (sulfide) groups is 1. The summed E-state index contributed by atoms with van der Waals surface area (Å²) >= 11 is 2.11. The van der Waals surface area contributed by atoms with Crippen molar-refractivity contribution in [1.29, 1.82) is 0 Å². The molecule has 3 heterocycles. The highest BCUT2D eigenvalue weighted by Crippen LogP contribution is 2.62. The molecule has 2 aromatic carbocycles. The van der Waals surface area contributed by atoms with E-state index < -0.39 is 0 Å². The van der Waals surface area contributed by atoms with E-state index in [1.165, 1.54) is 42.0 Å². The van der Waals surface area contributed by atoms with Gasteiger partial charge in [-0.05, 0) is 68.4 Å². The van der Waals surface area contributed by atoms with Crippen LogP contribution in [-0.4, -0.2) is 50.1 Å². The number of likely N-dealkylation sites (tertiary alicyclic amines) is 1. The van der Waals surface area contributed by atoms with Gasteiger partial charge in [-0.1, -0.05) is 48.5 Å². The Labute approximate surface area is 167 Å². The van der Waals surface area contributed by atoms with Gasteiger partial charge in [-0.25, -0.2) is 0 Å². The second-order valence-electron chi connectivity index (χ2n) is 8.47. The first kappa shape index (κ1) is 17.5. The molecule has 3 aliphatic heterocycles. The maximum absolute atomic E-state index is 2.49. The molecule has 1 atom stereocenters. The lowest BCUT2D eigenvalue weighted by atomic mass is 9.68.